The largest absolute Gasteiger partial charge is 0.493 e. The number of benzene rings is 3. The summed E-state index contributed by atoms with van der Waals surface area (Å²) < 4.78 is 16.5. The van der Waals surface area contributed by atoms with Crippen molar-refractivity contribution >= 4 is 11.8 Å². The molecule has 2 fully saturated rings. The van der Waals surface area contributed by atoms with Gasteiger partial charge >= 0.3 is 0 Å². The molecule has 0 aromatic heterocycles. The van der Waals surface area contributed by atoms with Gasteiger partial charge in [-0.25, -0.2) is 0 Å². The van der Waals surface area contributed by atoms with Crippen molar-refractivity contribution < 1.29 is 23.8 Å². The van der Waals surface area contributed by atoms with Gasteiger partial charge in [0.15, 0.2) is 11.5 Å². The van der Waals surface area contributed by atoms with Crippen LogP contribution in [0.15, 0.2) is 60.7 Å². The molecule has 9 heteroatoms. The molecule has 0 radical (unpaired) electrons. The molecule has 1 unspecified atom stereocenters. The van der Waals surface area contributed by atoms with Crippen LogP contribution in [0.25, 0.3) is 0 Å². The Kier molecular flexibility index (Phi) is 12.5. The van der Waals surface area contributed by atoms with Gasteiger partial charge in [-0.1, -0.05) is 55.5 Å². The quantitative estimate of drug-likeness (QED) is 0.226. The van der Waals surface area contributed by atoms with E-state index in [1.807, 2.05) is 13.1 Å². The molecule has 0 spiro atoms. The number of amides is 2. The fourth-order valence-electron chi connectivity index (χ4n) is 7.67. The first kappa shape index (κ1) is 37.2. The Morgan fingerprint density at radius 1 is 0.800 bits per heavy atom. The van der Waals surface area contributed by atoms with E-state index >= 15 is 0 Å². The standard InChI is InChI=1S/C41H56N4O5/c1-8-43-22-24-45(25-23-43)40(47)41(35-12-10-9-11-13-35)17-20-44(21-18-41)19-16-33(32-15-14-30(2)31(3)26-32)29-42(4)39(46)34-27-36(48-5)38(50-7)37(28-34)49-6/h9-15,26-28,33H,8,16-25,29H2,1-7H3. The number of rotatable bonds is 13. The Hall–Kier alpha value is -4.08. The van der Waals surface area contributed by atoms with Crippen LogP contribution in [0.3, 0.4) is 0 Å². The van der Waals surface area contributed by atoms with E-state index in [4.69, 9.17) is 14.2 Å². The number of aryl methyl sites for hydroxylation is 2. The molecule has 2 heterocycles. The third-order valence-corrected chi connectivity index (χ3v) is 11.1. The van der Waals surface area contributed by atoms with Crippen molar-refractivity contribution in [2.75, 3.05) is 87.3 Å². The molecule has 2 amide bonds. The smallest absolute Gasteiger partial charge is 0.253 e. The van der Waals surface area contributed by atoms with Crippen molar-refractivity contribution in [2.45, 2.75) is 51.4 Å². The summed E-state index contributed by atoms with van der Waals surface area (Å²) >= 11 is 0. The minimum atomic E-state index is -0.493. The van der Waals surface area contributed by atoms with Gasteiger partial charge in [-0.2, -0.15) is 0 Å². The van der Waals surface area contributed by atoms with Gasteiger partial charge in [-0.05, 0) is 93.7 Å². The van der Waals surface area contributed by atoms with Crippen molar-refractivity contribution in [3.63, 3.8) is 0 Å². The third-order valence-electron chi connectivity index (χ3n) is 11.1. The number of hydrogen-bond donors (Lipinski definition) is 0. The van der Waals surface area contributed by atoms with Crippen molar-refractivity contribution in [2.24, 2.45) is 0 Å². The van der Waals surface area contributed by atoms with E-state index in [9.17, 15) is 9.59 Å². The van der Waals surface area contributed by atoms with Crippen molar-refractivity contribution in [3.8, 4) is 17.2 Å². The number of piperazine rings is 1. The summed E-state index contributed by atoms with van der Waals surface area (Å²) in [6.45, 7) is 14.1. The van der Waals surface area contributed by atoms with Crippen LogP contribution in [-0.4, -0.2) is 119 Å². The number of carbonyl (C=O) groups is 2. The summed E-state index contributed by atoms with van der Waals surface area (Å²) in [5.41, 5.74) is 4.86. The maximum absolute atomic E-state index is 14.3. The maximum Gasteiger partial charge on any atom is 0.253 e. The zero-order valence-corrected chi connectivity index (χ0v) is 31.2. The predicted molar refractivity (Wildman–Crippen MR) is 199 cm³/mol. The average Bonchev–Trinajstić information content (AvgIpc) is 3.16. The first-order valence-electron chi connectivity index (χ1n) is 18.1. The van der Waals surface area contributed by atoms with Crippen molar-refractivity contribution in [1.82, 2.24) is 19.6 Å². The highest BCUT2D eigenvalue weighted by Gasteiger charge is 2.45. The van der Waals surface area contributed by atoms with E-state index in [2.05, 4.69) is 77.9 Å². The highest BCUT2D eigenvalue weighted by atomic mass is 16.5. The number of hydrogen-bond acceptors (Lipinski definition) is 7. The summed E-state index contributed by atoms with van der Waals surface area (Å²) in [7, 11) is 6.52. The van der Waals surface area contributed by atoms with E-state index in [0.29, 0.717) is 35.3 Å². The van der Waals surface area contributed by atoms with Gasteiger partial charge in [0.2, 0.25) is 11.7 Å². The predicted octanol–water partition coefficient (Wildman–Crippen LogP) is 5.77. The molecule has 2 saturated heterocycles. The van der Waals surface area contributed by atoms with Gasteiger partial charge in [0.05, 0.1) is 26.7 Å². The summed E-state index contributed by atoms with van der Waals surface area (Å²) in [5.74, 6) is 1.67. The van der Waals surface area contributed by atoms with Gasteiger partial charge in [-0.3, -0.25) is 9.59 Å². The lowest BCUT2D eigenvalue weighted by atomic mass is 9.71. The highest BCUT2D eigenvalue weighted by Crippen LogP contribution is 2.40. The summed E-state index contributed by atoms with van der Waals surface area (Å²) in [6.07, 6.45) is 2.50. The molecule has 0 aliphatic carbocycles. The Balaban J connectivity index is 1.31. The molecular formula is C41H56N4O5. The second-order valence-electron chi connectivity index (χ2n) is 13.9. The van der Waals surface area contributed by atoms with Gasteiger partial charge in [-0.15, -0.1) is 0 Å². The minimum Gasteiger partial charge on any atom is -0.493 e. The monoisotopic (exact) mass is 684 g/mol. The van der Waals surface area contributed by atoms with E-state index in [1.54, 1.807) is 38.4 Å². The number of piperidine rings is 1. The maximum atomic E-state index is 14.3. The lowest BCUT2D eigenvalue weighted by molar-refractivity contribution is -0.141. The van der Waals surface area contributed by atoms with Crippen LogP contribution in [0.5, 0.6) is 17.2 Å². The molecule has 2 aliphatic heterocycles. The number of likely N-dealkylation sites (tertiary alicyclic amines) is 1. The summed E-state index contributed by atoms with van der Waals surface area (Å²) in [5, 5.41) is 0. The first-order chi connectivity index (χ1) is 24.1. The van der Waals surface area contributed by atoms with E-state index in [1.165, 1.54) is 16.7 Å². The van der Waals surface area contributed by atoms with Crippen LogP contribution in [-0.2, 0) is 10.2 Å². The Labute approximate surface area is 299 Å². The van der Waals surface area contributed by atoms with Gasteiger partial charge in [0.25, 0.3) is 5.91 Å². The second-order valence-corrected chi connectivity index (χ2v) is 13.9. The van der Waals surface area contributed by atoms with Crippen LogP contribution < -0.4 is 14.2 Å². The van der Waals surface area contributed by atoms with Crippen LogP contribution >= 0.6 is 0 Å². The van der Waals surface area contributed by atoms with Crippen LogP contribution in [0.4, 0.5) is 0 Å². The first-order valence-corrected chi connectivity index (χ1v) is 18.1. The van der Waals surface area contributed by atoms with Crippen LogP contribution in [0, 0.1) is 13.8 Å². The molecule has 50 heavy (non-hydrogen) atoms. The summed E-state index contributed by atoms with van der Waals surface area (Å²) in [4.78, 5) is 37.0. The topological polar surface area (TPSA) is 74.8 Å². The molecule has 3 aromatic carbocycles. The molecule has 2 aliphatic rings. The molecule has 5 rings (SSSR count). The van der Waals surface area contributed by atoms with Crippen molar-refractivity contribution in [1.29, 1.82) is 0 Å². The normalized spacial score (nSPS) is 17.2. The van der Waals surface area contributed by atoms with Crippen LogP contribution in [0.1, 0.15) is 64.7 Å². The fourth-order valence-corrected chi connectivity index (χ4v) is 7.67. The molecular weight excluding hydrogens is 628 g/mol. The van der Waals surface area contributed by atoms with Crippen molar-refractivity contribution in [3.05, 3.63) is 88.5 Å². The SMILES string of the molecule is CCN1CCN(C(=O)C2(c3ccccc3)CCN(CCC(CN(C)C(=O)c3cc(OC)c(OC)c(OC)c3)c3ccc(C)c(C)c3)CC2)CC1. The number of likely N-dealkylation sites (N-methyl/N-ethyl adjacent to an activating group) is 2. The minimum absolute atomic E-state index is 0.109. The zero-order valence-electron chi connectivity index (χ0n) is 31.2. The lowest BCUT2D eigenvalue weighted by Gasteiger charge is -2.45. The van der Waals surface area contributed by atoms with E-state index < -0.39 is 5.41 Å². The molecule has 270 valence electrons. The molecule has 0 bridgehead atoms. The highest BCUT2D eigenvalue weighted by molar-refractivity contribution is 5.95. The van der Waals surface area contributed by atoms with E-state index in [-0.39, 0.29) is 11.8 Å². The number of methoxy groups -OCH3 is 3. The van der Waals surface area contributed by atoms with Gasteiger partial charge < -0.3 is 33.8 Å². The molecule has 9 nitrogen and oxygen atoms in total. The molecule has 0 N–H and O–H groups in total. The van der Waals surface area contributed by atoms with E-state index in [0.717, 1.165) is 77.2 Å². The van der Waals surface area contributed by atoms with Gasteiger partial charge in [0.1, 0.15) is 0 Å². The third kappa shape index (κ3) is 8.10. The Morgan fingerprint density at radius 3 is 2.00 bits per heavy atom. The fraction of sp³-hybridized carbons (Fsp3) is 0.512. The Morgan fingerprint density at radius 2 is 1.44 bits per heavy atom. The number of carbonyl (C=O) groups excluding carboxylic acids is 2. The second kappa shape index (κ2) is 16.8. The lowest BCUT2D eigenvalue weighted by Crippen LogP contribution is -2.57. The molecule has 3 aromatic rings. The number of nitrogens with zero attached hydrogens (tertiary/aromatic N) is 4. The molecule has 1 atom stereocenters. The van der Waals surface area contributed by atoms with Gasteiger partial charge in [0, 0.05) is 51.3 Å². The van der Waals surface area contributed by atoms with Crippen LogP contribution in [0.2, 0.25) is 0 Å². The number of ether oxygens (including phenoxy) is 3. The summed E-state index contributed by atoms with van der Waals surface area (Å²) in [6, 6.07) is 20.5. The Bertz CT molecular complexity index is 1570. The molecule has 0 saturated carbocycles. The average molecular weight is 685 g/mol. The zero-order chi connectivity index (χ0) is 35.8.